The van der Waals surface area contributed by atoms with Crippen LogP contribution in [0.4, 0.5) is 5.95 Å². The molecule has 0 unspecified atom stereocenters. The summed E-state index contributed by atoms with van der Waals surface area (Å²) in [5, 5.41) is 1.17. The molecule has 2 aliphatic rings. The lowest BCUT2D eigenvalue weighted by Crippen LogP contribution is -2.40. The van der Waals surface area contributed by atoms with E-state index in [2.05, 4.69) is 20.9 Å². The lowest BCUT2D eigenvalue weighted by Gasteiger charge is -2.30. The van der Waals surface area contributed by atoms with Gasteiger partial charge in [0.15, 0.2) is 0 Å². The highest BCUT2D eigenvalue weighted by Gasteiger charge is 2.24. The van der Waals surface area contributed by atoms with Gasteiger partial charge in [-0.05, 0) is 19.4 Å². The highest BCUT2D eigenvalue weighted by molar-refractivity contribution is 5.82. The smallest absolute Gasteiger partial charge is 0.255 e. The standard InChI is InChI=1S/C21H24N4O3/c1-14-17(15-4-2-3-5-19(15)28-14)12-24-7-6-16-18(13-24)22-21(23-20(16)26)25-8-10-27-11-9-25/h2-5H,6-13H2,1H3,(H,22,23,26). The quantitative estimate of drug-likeness (QED) is 0.751. The third-order valence-electron chi connectivity index (χ3n) is 5.73. The minimum atomic E-state index is -0.00363. The summed E-state index contributed by atoms with van der Waals surface area (Å²) in [4.78, 5) is 24.8. The van der Waals surface area contributed by atoms with Crippen LogP contribution in [0, 0.1) is 6.92 Å². The molecule has 1 saturated heterocycles. The Morgan fingerprint density at radius 1 is 1.18 bits per heavy atom. The number of ether oxygens (including phenoxy) is 1. The zero-order valence-corrected chi connectivity index (χ0v) is 16.0. The van der Waals surface area contributed by atoms with Crippen molar-refractivity contribution in [2.75, 3.05) is 37.7 Å². The molecule has 0 aliphatic carbocycles. The molecular weight excluding hydrogens is 356 g/mol. The Bertz CT molecular complexity index is 1070. The molecular formula is C21H24N4O3. The summed E-state index contributed by atoms with van der Waals surface area (Å²) in [5.74, 6) is 1.62. The lowest BCUT2D eigenvalue weighted by molar-refractivity contribution is 0.122. The van der Waals surface area contributed by atoms with Crippen LogP contribution in [0.25, 0.3) is 11.0 Å². The molecule has 7 heteroatoms. The van der Waals surface area contributed by atoms with Gasteiger partial charge in [0, 0.05) is 49.2 Å². The molecule has 1 N–H and O–H groups in total. The fraction of sp³-hybridized carbons (Fsp3) is 0.429. The maximum Gasteiger partial charge on any atom is 0.255 e. The van der Waals surface area contributed by atoms with Crippen molar-refractivity contribution in [1.82, 2.24) is 14.9 Å². The molecule has 7 nitrogen and oxygen atoms in total. The molecule has 2 aliphatic heterocycles. The third-order valence-corrected chi connectivity index (χ3v) is 5.73. The zero-order chi connectivity index (χ0) is 19.1. The van der Waals surface area contributed by atoms with Crippen molar-refractivity contribution in [3.63, 3.8) is 0 Å². The average Bonchev–Trinajstić information content (AvgIpc) is 3.03. The predicted octanol–water partition coefficient (Wildman–Crippen LogP) is 2.22. The number of aromatic amines is 1. The van der Waals surface area contributed by atoms with Gasteiger partial charge in [-0.15, -0.1) is 0 Å². The van der Waals surface area contributed by atoms with Crippen molar-refractivity contribution in [2.24, 2.45) is 0 Å². The van der Waals surface area contributed by atoms with Crippen LogP contribution < -0.4 is 10.5 Å². The minimum absolute atomic E-state index is 0.00363. The molecule has 146 valence electrons. The highest BCUT2D eigenvalue weighted by atomic mass is 16.5. The Balaban J connectivity index is 1.42. The van der Waals surface area contributed by atoms with Crippen LogP contribution in [0.15, 0.2) is 33.5 Å². The molecule has 0 radical (unpaired) electrons. The Kier molecular flexibility index (Phi) is 4.41. The number of rotatable bonds is 3. The van der Waals surface area contributed by atoms with E-state index in [1.165, 1.54) is 10.9 Å². The molecule has 3 aromatic rings. The molecule has 0 spiro atoms. The van der Waals surface area contributed by atoms with Crippen LogP contribution in [0.2, 0.25) is 0 Å². The number of nitrogens with one attached hydrogen (secondary N) is 1. The summed E-state index contributed by atoms with van der Waals surface area (Å²) < 4.78 is 11.3. The summed E-state index contributed by atoms with van der Waals surface area (Å²) in [5.41, 5.74) is 3.86. The Hall–Kier alpha value is -2.64. The summed E-state index contributed by atoms with van der Waals surface area (Å²) in [6, 6.07) is 8.16. The maximum absolute atomic E-state index is 12.6. The molecule has 28 heavy (non-hydrogen) atoms. The summed E-state index contributed by atoms with van der Waals surface area (Å²) in [7, 11) is 0. The number of anilines is 1. The van der Waals surface area contributed by atoms with E-state index in [4.69, 9.17) is 14.1 Å². The maximum atomic E-state index is 12.6. The van der Waals surface area contributed by atoms with Crippen LogP contribution in [0.5, 0.6) is 0 Å². The molecule has 4 heterocycles. The summed E-state index contributed by atoms with van der Waals surface area (Å²) in [6.07, 6.45) is 0.718. The normalized spacial score (nSPS) is 17.8. The number of hydrogen-bond donors (Lipinski definition) is 1. The van der Waals surface area contributed by atoms with Crippen molar-refractivity contribution < 1.29 is 9.15 Å². The van der Waals surface area contributed by atoms with E-state index in [-0.39, 0.29) is 5.56 Å². The van der Waals surface area contributed by atoms with Crippen LogP contribution in [-0.2, 0) is 24.2 Å². The van der Waals surface area contributed by atoms with E-state index in [1.54, 1.807) is 0 Å². The van der Waals surface area contributed by atoms with E-state index >= 15 is 0 Å². The first-order valence-electron chi connectivity index (χ1n) is 9.83. The fourth-order valence-electron chi connectivity index (χ4n) is 4.18. The van der Waals surface area contributed by atoms with Crippen LogP contribution in [0.1, 0.15) is 22.6 Å². The van der Waals surface area contributed by atoms with E-state index in [9.17, 15) is 4.79 Å². The number of H-pyrrole nitrogens is 1. The van der Waals surface area contributed by atoms with Crippen LogP contribution in [0.3, 0.4) is 0 Å². The van der Waals surface area contributed by atoms with Gasteiger partial charge in [0.1, 0.15) is 11.3 Å². The van der Waals surface area contributed by atoms with Crippen molar-refractivity contribution >= 4 is 16.9 Å². The first kappa shape index (κ1) is 17.5. The van der Waals surface area contributed by atoms with Crippen LogP contribution in [-0.4, -0.2) is 47.7 Å². The van der Waals surface area contributed by atoms with Gasteiger partial charge in [-0.3, -0.25) is 14.7 Å². The number of aromatic nitrogens is 2. The topological polar surface area (TPSA) is 74.6 Å². The van der Waals surface area contributed by atoms with E-state index in [0.717, 1.165) is 55.2 Å². The number of furan rings is 1. The Morgan fingerprint density at radius 2 is 2.00 bits per heavy atom. The van der Waals surface area contributed by atoms with Gasteiger partial charge in [-0.25, -0.2) is 4.98 Å². The molecule has 1 aromatic carbocycles. The second-order valence-electron chi connectivity index (χ2n) is 7.51. The second-order valence-corrected chi connectivity index (χ2v) is 7.51. The molecule has 5 rings (SSSR count). The Morgan fingerprint density at radius 3 is 2.86 bits per heavy atom. The number of morpholine rings is 1. The van der Waals surface area contributed by atoms with Crippen molar-refractivity contribution in [3.8, 4) is 0 Å². The molecule has 0 saturated carbocycles. The molecule has 0 amide bonds. The van der Waals surface area contributed by atoms with Crippen molar-refractivity contribution in [3.05, 3.63) is 57.2 Å². The monoisotopic (exact) mass is 380 g/mol. The van der Waals surface area contributed by atoms with Gasteiger partial charge in [-0.1, -0.05) is 18.2 Å². The molecule has 1 fully saturated rings. The van der Waals surface area contributed by atoms with E-state index < -0.39 is 0 Å². The number of para-hydroxylation sites is 1. The summed E-state index contributed by atoms with van der Waals surface area (Å²) in [6.45, 7) is 7.18. The van der Waals surface area contributed by atoms with E-state index in [0.29, 0.717) is 25.7 Å². The lowest BCUT2D eigenvalue weighted by atomic mass is 10.0. The zero-order valence-electron chi connectivity index (χ0n) is 16.0. The van der Waals surface area contributed by atoms with Gasteiger partial charge in [0.2, 0.25) is 5.95 Å². The average molecular weight is 380 g/mol. The van der Waals surface area contributed by atoms with Gasteiger partial charge in [-0.2, -0.15) is 0 Å². The van der Waals surface area contributed by atoms with Gasteiger partial charge < -0.3 is 14.1 Å². The first-order valence-corrected chi connectivity index (χ1v) is 9.83. The highest BCUT2D eigenvalue weighted by Crippen LogP contribution is 2.28. The predicted molar refractivity (Wildman–Crippen MR) is 107 cm³/mol. The largest absolute Gasteiger partial charge is 0.461 e. The Labute approximate surface area is 162 Å². The van der Waals surface area contributed by atoms with E-state index in [1.807, 2.05) is 25.1 Å². The number of fused-ring (bicyclic) bond motifs is 2. The van der Waals surface area contributed by atoms with Gasteiger partial charge in [0.25, 0.3) is 5.56 Å². The number of nitrogens with zero attached hydrogens (tertiary/aromatic N) is 3. The van der Waals surface area contributed by atoms with Gasteiger partial charge in [0.05, 0.1) is 18.9 Å². The minimum Gasteiger partial charge on any atom is -0.461 e. The fourth-order valence-corrected chi connectivity index (χ4v) is 4.18. The molecule has 0 atom stereocenters. The number of aryl methyl sites for hydroxylation is 1. The van der Waals surface area contributed by atoms with Crippen LogP contribution >= 0.6 is 0 Å². The number of hydrogen-bond acceptors (Lipinski definition) is 6. The second kappa shape index (κ2) is 7.07. The van der Waals surface area contributed by atoms with Crippen molar-refractivity contribution in [2.45, 2.75) is 26.4 Å². The molecule has 2 aromatic heterocycles. The molecule has 0 bridgehead atoms. The summed E-state index contributed by atoms with van der Waals surface area (Å²) >= 11 is 0. The number of benzene rings is 1. The first-order chi connectivity index (χ1) is 13.7. The van der Waals surface area contributed by atoms with Crippen molar-refractivity contribution in [1.29, 1.82) is 0 Å². The third kappa shape index (κ3) is 3.10. The van der Waals surface area contributed by atoms with Gasteiger partial charge >= 0.3 is 0 Å². The SMILES string of the molecule is Cc1oc2ccccc2c1CN1CCc2c(nc(N3CCOCC3)[nH]c2=O)C1.